The van der Waals surface area contributed by atoms with Crippen LogP contribution in [0.1, 0.15) is 18.4 Å². The summed E-state index contributed by atoms with van der Waals surface area (Å²) in [6.07, 6.45) is 1.44. The lowest BCUT2D eigenvalue weighted by atomic mass is 10.1. The molecule has 1 aromatic heterocycles. The Kier molecular flexibility index (Phi) is 6.99. The number of benzene rings is 2. The predicted molar refractivity (Wildman–Crippen MR) is 113 cm³/mol. The normalized spacial score (nSPS) is 10.5. The first-order valence-electron chi connectivity index (χ1n) is 9.49. The molecule has 2 aromatic carbocycles. The molecular formula is C21H22N4O5. The van der Waals surface area contributed by atoms with Gasteiger partial charge in [0, 0.05) is 24.5 Å². The fourth-order valence-electron chi connectivity index (χ4n) is 2.98. The molecule has 9 heteroatoms. The van der Waals surface area contributed by atoms with Gasteiger partial charge in [-0.2, -0.15) is 0 Å². The Morgan fingerprint density at radius 2 is 1.90 bits per heavy atom. The van der Waals surface area contributed by atoms with Crippen molar-refractivity contribution in [1.82, 2.24) is 10.3 Å². The van der Waals surface area contributed by atoms with Gasteiger partial charge in [-0.25, -0.2) is 9.78 Å². The molecule has 0 unspecified atom stereocenters. The van der Waals surface area contributed by atoms with Crippen LogP contribution in [-0.2, 0) is 6.61 Å². The lowest BCUT2D eigenvalue weighted by molar-refractivity contribution is -0.384. The molecule has 0 atom stereocenters. The number of ether oxygens (including phenoxy) is 1. The maximum Gasteiger partial charge on any atom is 0.404 e. The second-order valence-electron chi connectivity index (χ2n) is 6.59. The first-order valence-corrected chi connectivity index (χ1v) is 9.49. The summed E-state index contributed by atoms with van der Waals surface area (Å²) in [7, 11) is 0. The van der Waals surface area contributed by atoms with Crippen LogP contribution >= 0.6 is 0 Å². The maximum atomic E-state index is 11.4. The number of aromatic nitrogens is 1. The number of pyridine rings is 1. The Morgan fingerprint density at radius 1 is 1.13 bits per heavy atom. The molecule has 0 fully saturated rings. The van der Waals surface area contributed by atoms with Gasteiger partial charge in [0.2, 0.25) is 0 Å². The summed E-state index contributed by atoms with van der Waals surface area (Å²) in [5.41, 5.74) is 1.91. The van der Waals surface area contributed by atoms with Crippen LogP contribution < -0.4 is 15.4 Å². The number of fused-ring (bicyclic) bond motifs is 1. The molecule has 156 valence electrons. The first-order chi connectivity index (χ1) is 14.5. The van der Waals surface area contributed by atoms with Crippen LogP contribution in [0.25, 0.3) is 10.9 Å². The molecule has 0 bridgehead atoms. The first kappa shape index (κ1) is 20.8. The third-order valence-electron chi connectivity index (χ3n) is 4.45. The van der Waals surface area contributed by atoms with Gasteiger partial charge < -0.3 is 20.5 Å². The quantitative estimate of drug-likeness (QED) is 0.260. The molecule has 3 aromatic rings. The average molecular weight is 410 g/mol. The fraction of sp³-hybridized carbons (Fsp3) is 0.238. The summed E-state index contributed by atoms with van der Waals surface area (Å²) in [6, 6.07) is 15.0. The minimum Gasteiger partial charge on any atom is -0.489 e. The summed E-state index contributed by atoms with van der Waals surface area (Å²) < 4.78 is 5.81. The van der Waals surface area contributed by atoms with Crippen LogP contribution in [0.5, 0.6) is 5.75 Å². The lowest BCUT2D eigenvalue weighted by Gasteiger charge is -2.12. The number of nitrogens with zero attached hydrogens (tertiary/aromatic N) is 2. The average Bonchev–Trinajstić information content (AvgIpc) is 2.74. The minimum absolute atomic E-state index is 0.107. The molecule has 30 heavy (non-hydrogen) atoms. The van der Waals surface area contributed by atoms with Crippen molar-refractivity contribution in [2.45, 2.75) is 19.4 Å². The third kappa shape index (κ3) is 5.57. The highest BCUT2D eigenvalue weighted by atomic mass is 16.6. The zero-order valence-corrected chi connectivity index (χ0v) is 16.2. The van der Waals surface area contributed by atoms with E-state index in [1.165, 1.54) is 6.20 Å². The molecule has 0 aliphatic rings. The Hall–Kier alpha value is -3.88. The Labute approximate surface area is 172 Å². The molecule has 1 heterocycles. The Bertz CT molecular complexity index is 1030. The van der Waals surface area contributed by atoms with Gasteiger partial charge in [-0.15, -0.1) is 0 Å². The summed E-state index contributed by atoms with van der Waals surface area (Å²) in [5.74, 6) is 0.624. The molecule has 0 spiro atoms. The summed E-state index contributed by atoms with van der Waals surface area (Å²) in [6.45, 7) is 1.21. The van der Waals surface area contributed by atoms with E-state index in [1.54, 1.807) is 18.2 Å². The highest BCUT2D eigenvalue weighted by molar-refractivity contribution is 5.96. The number of nitro groups is 1. The van der Waals surface area contributed by atoms with Gasteiger partial charge in [0.1, 0.15) is 24.2 Å². The number of unbranched alkanes of at least 4 members (excludes halogenated alkanes) is 1. The van der Waals surface area contributed by atoms with E-state index in [-0.39, 0.29) is 5.69 Å². The highest BCUT2D eigenvalue weighted by Crippen LogP contribution is 2.33. The molecular weight excluding hydrogens is 388 g/mol. The fourth-order valence-corrected chi connectivity index (χ4v) is 2.98. The number of carboxylic acid groups (broad SMARTS) is 1. The zero-order chi connectivity index (χ0) is 21.3. The third-order valence-corrected chi connectivity index (χ3v) is 4.45. The van der Waals surface area contributed by atoms with Crippen molar-refractivity contribution in [1.29, 1.82) is 0 Å². The summed E-state index contributed by atoms with van der Waals surface area (Å²) >= 11 is 0. The summed E-state index contributed by atoms with van der Waals surface area (Å²) in [4.78, 5) is 25.6. The number of anilines is 1. The monoisotopic (exact) mass is 410 g/mol. The van der Waals surface area contributed by atoms with Crippen LogP contribution in [0.4, 0.5) is 16.2 Å². The van der Waals surface area contributed by atoms with Crippen LogP contribution in [0.2, 0.25) is 0 Å². The number of carbonyl (C=O) groups is 1. The predicted octanol–water partition coefficient (Wildman–Crippen LogP) is 4.18. The summed E-state index contributed by atoms with van der Waals surface area (Å²) in [5, 5.41) is 26.0. The van der Waals surface area contributed by atoms with Gasteiger partial charge in [0.15, 0.2) is 0 Å². The van der Waals surface area contributed by atoms with Gasteiger partial charge in [0.05, 0.1) is 10.4 Å². The molecule has 0 aliphatic carbocycles. The van der Waals surface area contributed by atoms with Crippen LogP contribution in [0, 0.1) is 10.1 Å². The minimum atomic E-state index is -1.07. The number of rotatable bonds is 10. The number of nitrogens with one attached hydrogen (secondary N) is 2. The van der Waals surface area contributed by atoms with E-state index in [1.807, 2.05) is 30.3 Å². The molecule has 0 saturated carbocycles. The zero-order valence-electron chi connectivity index (χ0n) is 16.2. The van der Waals surface area contributed by atoms with Crippen molar-refractivity contribution in [2.24, 2.45) is 0 Å². The second kappa shape index (κ2) is 10.1. The molecule has 1 amide bonds. The van der Waals surface area contributed by atoms with Crippen molar-refractivity contribution in [3.05, 3.63) is 70.4 Å². The van der Waals surface area contributed by atoms with E-state index in [9.17, 15) is 14.9 Å². The van der Waals surface area contributed by atoms with E-state index in [2.05, 4.69) is 15.6 Å². The topological polar surface area (TPSA) is 127 Å². The Balaban J connectivity index is 1.72. The van der Waals surface area contributed by atoms with E-state index in [4.69, 9.17) is 9.84 Å². The van der Waals surface area contributed by atoms with Crippen LogP contribution in [0.3, 0.4) is 0 Å². The van der Waals surface area contributed by atoms with Crippen molar-refractivity contribution in [2.75, 3.05) is 18.4 Å². The Morgan fingerprint density at radius 3 is 2.63 bits per heavy atom. The standard InChI is InChI=1S/C21H22N4O5/c26-21(27)23-11-5-4-10-22-20-17-9-8-16(30-14-15-6-2-1-3-7-15)12-18(17)24-13-19(20)25(28)29/h1-3,6-9,12-13,23H,4-5,10-11,14H2,(H,22,24)(H,26,27). The number of hydrogen-bond acceptors (Lipinski definition) is 6. The van der Waals surface area contributed by atoms with E-state index in [0.717, 1.165) is 5.56 Å². The second-order valence-corrected chi connectivity index (χ2v) is 6.59. The van der Waals surface area contributed by atoms with E-state index < -0.39 is 11.0 Å². The molecule has 9 nitrogen and oxygen atoms in total. The number of amides is 1. The SMILES string of the molecule is O=C(O)NCCCCNc1c([N+](=O)[O-])cnc2cc(OCc3ccccc3)ccc12. The molecule has 3 rings (SSSR count). The van der Waals surface area contributed by atoms with E-state index in [0.29, 0.717) is 54.9 Å². The smallest absolute Gasteiger partial charge is 0.404 e. The largest absolute Gasteiger partial charge is 0.489 e. The molecule has 0 saturated heterocycles. The van der Waals surface area contributed by atoms with Crippen molar-refractivity contribution < 1.29 is 19.6 Å². The van der Waals surface area contributed by atoms with Crippen LogP contribution in [0.15, 0.2) is 54.7 Å². The van der Waals surface area contributed by atoms with Gasteiger partial charge in [-0.3, -0.25) is 10.1 Å². The van der Waals surface area contributed by atoms with Gasteiger partial charge in [-0.1, -0.05) is 30.3 Å². The molecule has 0 radical (unpaired) electrons. The van der Waals surface area contributed by atoms with Crippen molar-refractivity contribution in [3.63, 3.8) is 0 Å². The number of hydrogen-bond donors (Lipinski definition) is 3. The van der Waals surface area contributed by atoms with Gasteiger partial charge in [0.25, 0.3) is 0 Å². The highest BCUT2D eigenvalue weighted by Gasteiger charge is 2.18. The van der Waals surface area contributed by atoms with Crippen molar-refractivity contribution in [3.8, 4) is 5.75 Å². The molecule has 0 aliphatic heterocycles. The van der Waals surface area contributed by atoms with Gasteiger partial charge in [-0.05, 0) is 30.5 Å². The maximum absolute atomic E-state index is 11.4. The molecule has 3 N–H and O–H groups in total. The van der Waals surface area contributed by atoms with Gasteiger partial charge >= 0.3 is 11.8 Å². The van der Waals surface area contributed by atoms with Crippen LogP contribution in [-0.4, -0.2) is 34.2 Å². The lowest BCUT2D eigenvalue weighted by Crippen LogP contribution is -2.22. The van der Waals surface area contributed by atoms with Crippen molar-refractivity contribution >= 4 is 28.4 Å². The van der Waals surface area contributed by atoms with E-state index >= 15 is 0 Å².